The first-order valence-electron chi connectivity index (χ1n) is 2.84. The molecule has 0 saturated heterocycles. The van der Waals surface area contributed by atoms with E-state index >= 15 is 0 Å². The summed E-state index contributed by atoms with van der Waals surface area (Å²) in [5.74, 6) is -2.18. The molecule has 0 aliphatic rings. The van der Waals surface area contributed by atoms with Crippen LogP contribution >= 0.6 is 0 Å². The van der Waals surface area contributed by atoms with E-state index in [1.54, 1.807) is 0 Å². The van der Waals surface area contributed by atoms with Crippen LogP contribution in [-0.4, -0.2) is 22.2 Å². The van der Waals surface area contributed by atoms with Gasteiger partial charge in [-0.05, 0) is 12.5 Å². The number of allylic oxidation sites excluding steroid dienone is 2. The summed E-state index contributed by atoms with van der Waals surface area (Å²) in [6.45, 7) is 1.51. The van der Waals surface area contributed by atoms with E-state index in [1.807, 2.05) is 0 Å². The second-order valence-corrected chi connectivity index (χ2v) is 1.90. The first-order chi connectivity index (χ1) is 5.02. The molecule has 11 heavy (non-hydrogen) atoms. The number of hydrogen-bond acceptors (Lipinski definition) is 2. The van der Waals surface area contributed by atoms with Crippen molar-refractivity contribution in [2.24, 2.45) is 0 Å². The Balaban J connectivity index is 4.17. The van der Waals surface area contributed by atoms with Gasteiger partial charge >= 0.3 is 11.9 Å². The molecule has 0 radical (unpaired) electrons. The molecule has 60 valence electrons. The van der Waals surface area contributed by atoms with E-state index in [2.05, 4.69) is 0 Å². The molecule has 4 heteroatoms. The van der Waals surface area contributed by atoms with Gasteiger partial charge in [0, 0.05) is 12.2 Å². The minimum absolute atomic E-state index is 0.389. The van der Waals surface area contributed by atoms with Crippen molar-refractivity contribution in [3.05, 3.63) is 23.8 Å². The Hall–Kier alpha value is -1.58. The minimum atomic E-state index is -1.09. The Bertz CT molecular complexity index is 225. The average molecular weight is 156 g/mol. The fraction of sp³-hybridized carbons (Fsp3) is 0.143. The molecule has 0 bridgehead atoms. The van der Waals surface area contributed by atoms with Crippen molar-refractivity contribution in [2.75, 3.05) is 0 Å². The van der Waals surface area contributed by atoms with Crippen LogP contribution in [0.25, 0.3) is 0 Å². The lowest BCUT2D eigenvalue weighted by molar-refractivity contribution is -0.132. The molecular formula is C7H8O4. The maximum atomic E-state index is 10.00. The van der Waals surface area contributed by atoms with Crippen molar-refractivity contribution >= 4 is 11.9 Å². The van der Waals surface area contributed by atoms with Gasteiger partial charge in [-0.1, -0.05) is 6.08 Å². The molecule has 0 unspecified atom stereocenters. The molecule has 0 amide bonds. The Morgan fingerprint density at radius 1 is 1.09 bits per heavy atom. The number of carbonyl (C=O) groups is 2. The van der Waals surface area contributed by atoms with Gasteiger partial charge in [-0.15, -0.1) is 0 Å². The molecule has 0 aliphatic heterocycles. The third kappa shape index (κ3) is 6.30. The van der Waals surface area contributed by atoms with E-state index in [0.717, 1.165) is 12.2 Å². The summed E-state index contributed by atoms with van der Waals surface area (Å²) in [5, 5.41) is 16.3. The third-order valence-electron chi connectivity index (χ3n) is 0.840. The maximum Gasteiger partial charge on any atom is 0.328 e. The van der Waals surface area contributed by atoms with Gasteiger partial charge in [0.05, 0.1) is 0 Å². The molecule has 0 saturated carbocycles. The summed E-state index contributed by atoms with van der Waals surface area (Å²) >= 11 is 0. The number of rotatable bonds is 3. The van der Waals surface area contributed by atoms with Crippen LogP contribution in [0.1, 0.15) is 6.92 Å². The first-order valence-corrected chi connectivity index (χ1v) is 2.84. The van der Waals surface area contributed by atoms with Crippen molar-refractivity contribution in [1.82, 2.24) is 0 Å². The van der Waals surface area contributed by atoms with Crippen LogP contribution in [0.3, 0.4) is 0 Å². The van der Waals surface area contributed by atoms with Gasteiger partial charge in [0.25, 0.3) is 0 Å². The van der Waals surface area contributed by atoms with Crippen LogP contribution in [0.15, 0.2) is 23.8 Å². The van der Waals surface area contributed by atoms with Gasteiger partial charge in [0.15, 0.2) is 0 Å². The summed E-state index contributed by atoms with van der Waals surface area (Å²) in [6, 6.07) is 0. The van der Waals surface area contributed by atoms with E-state index in [9.17, 15) is 9.59 Å². The predicted molar refractivity (Wildman–Crippen MR) is 38.2 cm³/mol. The Labute approximate surface area is 63.5 Å². The molecule has 0 aromatic carbocycles. The molecule has 0 spiro atoms. The van der Waals surface area contributed by atoms with Gasteiger partial charge in [-0.2, -0.15) is 0 Å². The summed E-state index contributed by atoms with van der Waals surface area (Å²) in [6.07, 6.45) is 3.03. The molecular weight excluding hydrogens is 148 g/mol. The van der Waals surface area contributed by atoms with Gasteiger partial charge in [-0.3, -0.25) is 0 Å². The molecule has 4 nitrogen and oxygen atoms in total. The van der Waals surface area contributed by atoms with Gasteiger partial charge < -0.3 is 10.2 Å². The lowest BCUT2D eigenvalue weighted by Gasteiger charge is -1.85. The second kappa shape index (κ2) is 4.27. The van der Waals surface area contributed by atoms with E-state index in [-0.39, 0.29) is 0 Å². The number of carboxylic acid groups (broad SMARTS) is 2. The quantitative estimate of drug-likeness (QED) is 0.465. The highest BCUT2D eigenvalue weighted by Crippen LogP contribution is 1.93. The lowest BCUT2D eigenvalue weighted by atomic mass is 10.2. The average Bonchev–Trinajstić information content (AvgIpc) is 1.82. The molecule has 0 aromatic rings. The summed E-state index contributed by atoms with van der Waals surface area (Å²) in [4.78, 5) is 19.9. The van der Waals surface area contributed by atoms with Gasteiger partial charge in [0.2, 0.25) is 0 Å². The van der Waals surface area contributed by atoms with Gasteiger partial charge in [-0.25, -0.2) is 9.59 Å². The lowest BCUT2D eigenvalue weighted by Crippen LogP contribution is -1.90. The fourth-order valence-electron chi connectivity index (χ4n) is 0.446. The van der Waals surface area contributed by atoms with Crippen LogP contribution < -0.4 is 0 Å². The van der Waals surface area contributed by atoms with Crippen LogP contribution in [-0.2, 0) is 9.59 Å². The van der Waals surface area contributed by atoms with Crippen molar-refractivity contribution in [1.29, 1.82) is 0 Å². The van der Waals surface area contributed by atoms with Crippen molar-refractivity contribution in [3.63, 3.8) is 0 Å². The number of carboxylic acids is 2. The Morgan fingerprint density at radius 3 is 2.00 bits per heavy atom. The largest absolute Gasteiger partial charge is 0.478 e. The SMILES string of the molecule is CC(/C=C\C(=O)O)=C/C(=O)O. The number of aliphatic carboxylic acids is 2. The third-order valence-corrected chi connectivity index (χ3v) is 0.840. The van der Waals surface area contributed by atoms with Crippen LogP contribution in [0.5, 0.6) is 0 Å². The highest BCUT2D eigenvalue weighted by Gasteiger charge is 1.90. The van der Waals surface area contributed by atoms with Crippen molar-refractivity contribution in [3.8, 4) is 0 Å². The van der Waals surface area contributed by atoms with Crippen molar-refractivity contribution in [2.45, 2.75) is 6.92 Å². The summed E-state index contributed by atoms with van der Waals surface area (Å²) in [7, 11) is 0. The Kier molecular flexibility index (Phi) is 3.66. The van der Waals surface area contributed by atoms with Crippen molar-refractivity contribution < 1.29 is 19.8 Å². The highest BCUT2D eigenvalue weighted by atomic mass is 16.4. The topological polar surface area (TPSA) is 74.6 Å². The summed E-state index contributed by atoms with van der Waals surface area (Å²) < 4.78 is 0. The standard InChI is InChI=1S/C7H8O4/c1-5(4-7(10)11)2-3-6(8)9/h2-4H,1H3,(H,8,9)(H,10,11)/b3-2-,5-4-. The summed E-state index contributed by atoms with van der Waals surface area (Å²) in [5.41, 5.74) is 0.389. The maximum absolute atomic E-state index is 10.00. The minimum Gasteiger partial charge on any atom is -0.478 e. The zero-order valence-corrected chi connectivity index (χ0v) is 5.94. The van der Waals surface area contributed by atoms with Crippen LogP contribution in [0, 0.1) is 0 Å². The number of hydrogen-bond donors (Lipinski definition) is 2. The smallest absolute Gasteiger partial charge is 0.328 e. The van der Waals surface area contributed by atoms with E-state index in [0.29, 0.717) is 5.57 Å². The first kappa shape index (κ1) is 9.42. The molecule has 2 N–H and O–H groups in total. The Morgan fingerprint density at radius 2 is 1.64 bits per heavy atom. The predicted octanol–water partition coefficient (Wildman–Crippen LogP) is 0.658. The molecule has 0 fully saturated rings. The molecule has 0 atom stereocenters. The van der Waals surface area contributed by atoms with Crippen LogP contribution in [0.2, 0.25) is 0 Å². The van der Waals surface area contributed by atoms with Gasteiger partial charge in [0.1, 0.15) is 0 Å². The van der Waals surface area contributed by atoms with E-state index in [1.165, 1.54) is 13.0 Å². The van der Waals surface area contributed by atoms with E-state index < -0.39 is 11.9 Å². The monoisotopic (exact) mass is 156 g/mol. The normalized spacial score (nSPS) is 11.9. The fourth-order valence-corrected chi connectivity index (χ4v) is 0.446. The van der Waals surface area contributed by atoms with Crippen LogP contribution in [0.4, 0.5) is 0 Å². The molecule has 0 heterocycles. The second-order valence-electron chi connectivity index (χ2n) is 1.90. The molecule has 0 aromatic heterocycles. The highest BCUT2D eigenvalue weighted by molar-refractivity contribution is 5.83. The zero-order chi connectivity index (χ0) is 8.85. The van der Waals surface area contributed by atoms with E-state index in [4.69, 9.17) is 10.2 Å². The molecule has 0 rings (SSSR count). The molecule has 0 aliphatic carbocycles. The zero-order valence-electron chi connectivity index (χ0n) is 5.94.